The number of carbonyl (C=O) groups is 1. The number of rotatable bonds is 2. The highest BCUT2D eigenvalue weighted by molar-refractivity contribution is 5.93. The van der Waals surface area contributed by atoms with Crippen molar-refractivity contribution in [3.8, 4) is 0 Å². The Morgan fingerprint density at radius 2 is 2.14 bits per heavy atom. The normalized spacial score (nSPS) is 21.4. The van der Waals surface area contributed by atoms with E-state index in [0.717, 1.165) is 18.2 Å². The Bertz CT molecular complexity index is 713. The van der Waals surface area contributed by atoms with Gasteiger partial charge in [-0.25, -0.2) is 8.78 Å². The van der Waals surface area contributed by atoms with Gasteiger partial charge in [-0.1, -0.05) is 0 Å². The average Bonchev–Trinajstić information content (AvgIpc) is 3.07. The number of hydrogen-bond donors (Lipinski definition) is 1. The van der Waals surface area contributed by atoms with E-state index < -0.39 is 29.7 Å². The zero-order valence-corrected chi connectivity index (χ0v) is 11.9. The minimum absolute atomic E-state index is 0.0552. The Labute approximate surface area is 126 Å². The summed E-state index contributed by atoms with van der Waals surface area (Å²) in [5.41, 5.74) is 0.721. The second-order valence-electron chi connectivity index (χ2n) is 5.46. The molecule has 0 spiro atoms. The Hall–Kier alpha value is -2.21. The zero-order chi connectivity index (χ0) is 15.9. The molecule has 1 aromatic heterocycles. The van der Waals surface area contributed by atoms with Crippen LogP contribution in [0.25, 0.3) is 0 Å². The maximum atomic E-state index is 14.0. The molecule has 2 atom stereocenters. The second-order valence-corrected chi connectivity index (χ2v) is 5.46. The van der Waals surface area contributed by atoms with Crippen LogP contribution in [0, 0.1) is 18.6 Å². The van der Waals surface area contributed by atoms with Crippen molar-refractivity contribution in [1.82, 2.24) is 4.90 Å². The monoisotopic (exact) mass is 307 g/mol. The number of aliphatic hydroxyl groups excluding tert-OH is 1. The molecule has 1 N–H and O–H groups in total. The van der Waals surface area contributed by atoms with E-state index in [-0.39, 0.29) is 24.3 Å². The molecule has 0 bridgehead atoms. The van der Waals surface area contributed by atoms with Gasteiger partial charge in [-0.05, 0) is 37.6 Å². The van der Waals surface area contributed by atoms with Crippen LogP contribution >= 0.6 is 0 Å². The lowest BCUT2D eigenvalue weighted by Crippen LogP contribution is -2.32. The predicted molar refractivity (Wildman–Crippen MR) is 74.2 cm³/mol. The third kappa shape index (κ3) is 2.50. The number of β-amino-alcohol motifs (C(OH)–C–C–N with tert-alkyl or cyclic N) is 1. The fourth-order valence-electron chi connectivity index (χ4n) is 2.83. The lowest BCUT2D eigenvalue weighted by atomic mass is 10.0. The zero-order valence-electron chi connectivity index (χ0n) is 11.9. The summed E-state index contributed by atoms with van der Waals surface area (Å²) in [5.74, 6) is -1.47. The molecule has 1 aromatic carbocycles. The summed E-state index contributed by atoms with van der Waals surface area (Å²) >= 11 is 0. The minimum atomic E-state index is -0.785. The van der Waals surface area contributed by atoms with Gasteiger partial charge in [-0.3, -0.25) is 4.79 Å². The van der Waals surface area contributed by atoms with Gasteiger partial charge in [0, 0.05) is 17.7 Å². The number of benzene rings is 1. The molecule has 4 nitrogen and oxygen atoms in total. The van der Waals surface area contributed by atoms with Crippen LogP contribution in [0.3, 0.4) is 0 Å². The summed E-state index contributed by atoms with van der Waals surface area (Å²) in [5, 5.41) is 9.87. The third-order valence-electron chi connectivity index (χ3n) is 3.91. The van der Waals surface area contributed by atoms with Gasteiger partial charge in [0.25, 0.3) is 5.91 Å². The number of nitrogens with zero attached hydrogens (tertiary/aromatic N) is 1. The molecule has 22 heavy (non-hydrogen) atoms. The topological polar surface area (TPSA) is 53.7 Å². The molecule has 2 heterocycles. The minimum Gasteiger partial charge on any atom is -0.459 e. The first-order valence-electron chi connectivity index (χ1n) is 6.95. The van der Waals surface area contributed by atoms with E-state index in [1.165, 1.54) is 11.2 Å². The molecule has 116 valence electrons. The standard InChI is InChI=1S/C16H15F2NO3/c1-9-4-5-22-15(9)16(21)19-8-11(20)7-14(19)12-6-10(17)2-3-13(12)18/h2-6,11,14,20H,7-8H2,1H3/t11-,14+/m0/s1. The van der Waals surface area contributed by atoms with Crippen LogP contribution in [0.4, 0.5) is 8.78 Å². The van der Waals surface area contributed by atoms with Crippen molar-refractivity contribution >= 4 is 5.91 Å². The average molecular weight is 307 g/mol. The van der Waals surface area contributed by atoms with Crippen molar-refractivity contribution in [3.63, 3.8) is 0 Å². The number of aryl methyl sites for hydroxylation is 1. The predicted octanol–water partition coefficient (Wildman–Crippen LogP) is 2.81. The van der Waals surface area contributed by atoms with Gasteiger partial charge >= 0.3 is 0 Å². The lowest BCUT2D eigenvalue weighted by Gasteiger charge is -2.24. The molecular weight excluding hydrogens is 292 g/mol. The van der Waals surface area contributed by atoms with Crippen LogP contribution in [0.2, 0.25) is 0 Å². The van der Waals surface area contributed by atoms with E-state index >= 15 is 0 Å². The number of halogens is 2. The molecule has 0 radical (unpaired) electrons. The molecule has 2 aromatic rings. The van der Waals surface area contributed by atoms with E-state index in [1.54, 1.807) is 13.0 Å². The highest BCUT2D eigenvalue weighted by atomic mass is 19.1. The SMILES string of the molecule is Cc1ccoc1C(=O)N1C[C@@H](O)C[C@@H]1c1cc(F)ccc1F. The van der Waals surface area contributed by atoms with Crippen molar-refractivity contribution in [2.45, 2.75) is 25.5 Å². The molecule has 3 rings (SSSR count). The van der Waals surface area contributed by atoms with Gasteiger partial charge in [0.05, 0.1) is 18.4 Å². The van der Waals surface area contributed by atoms with Crippen LogP contribution in [-0.4, -0.2) is 28.6 Å². The van der Waals surface area contributed by atoms with E-state index in [1.807, 2.05) is 0 Å². The number of likely N-dealkylation sites (tertiary alicyclic amines) is 1. The van der Waals surface area contributed by atoms with Crippen LogP contribution < -0.4 is 0 Å². The van der Waals surface area contributed by atoms with Gasteiger partial charge in [-0.15, -0.1) is 0 Å². The van der Waals surface area contributed by atoms with Crippen molar-refractivity contribution in [2.24, 2.45) is 0 Å². The molecule has 0 unspecified atom stereocenters. The Morgan fingerprint density at radius 1 is 1.36 bits per heavy atom. The summed E-state index contributed by atoms with van der Waals surface area (Å²) in [6.07, 6.45) is 0.769. The fraction of sp³-hybridized carbons (Fsp3) is 0.312. The maximum Gasteiger partial charge on any atom is 0.290 e. The number of carbonyl (C=O) groups excluding carboxylic acids is 1. The highest BCUT2D eigenvalue weighted by Crippen LogP contribution is 2.35. The first-order chi connectivity index (χ1) is 10.5. The lowest BCUT2D eigenvalue weighted by molar-refractivity contribution is 0.0680. The van der Waals surface area contributed by atoms with Gasteiger partial charge in [0.1, 0.15) is 11.6 Å². The summed E-state index contributed by atoms with van der Waals surface area (Å²) in [6, 6.07) is 4.04. The number of aliphatic hydroxyl groups is 1. The molecule has 0 aliphatic carbocycles. The quantitative estimate of drug-likeness (QED) is 0.928. The molecule has 1 saturated heterocycles. The van der Waals surface area contributed by atoms with Crippen LogP contribution in [0.1, 0.15) is 34.1 Å². The molecule has 6 heteroatoms. The van der Waals surface area contributed by atoms with Gasteiger partial charge < -0.3 is 14.4 Å². The smallest absolute Gasteiger partial charge is 0.290 e. The van der Waals surface area contributed by atoms with Gasteiger partial charge in [-0.2, -0.15) is 0 Å². The fourth-order valence-corrected chi connectivity index (χ4v) is 2.83. The summed E-state index contributed by atoms with van der Waals surface area (Å²) < 4.78 is 32.6. The first-order valence-corrected chi connectivity index (χ1v) is 6.95. The van der Waals surface area contributed by atoms with Crippen LogP contribution in [-0.2, 0) is 0 Å². The summed E-state index contributed by atoms with van der Waals surface area (Å²) in [4.78, 5) is 13.9. The van der Waals surface area contributed by atoms with E-state index in [4.69, 9.17) is 4.42 Å². The molecule has 1 amide bonds. The molecule has 1 fully saturated rings. The Balaban J connectivity index is 1.98. The van der Waals surface area contributed by atoms with Crippen molar-refractivity contribution < 1.29 is 23.1 Å². The molecular formula is C16H15F2NO3. The van der Waals surface area contributed by atoms with Crippen molar-refractivity contribution in [3.05, 3.63) is 59.1 Å². The van der Waals surface area contributed by atoms with Gasteiger partial charge in [0.15, 0.2) is 5.76 Å². The molecule has 0 saturated carbocycles. The molecule has 1 aliphatic heterocycles. The van der Waals surface area contributed by atoms with Crippen LogP contribution in [0.5, 0.6) is 0 Å². The first kappa shape index (κ1) is 14.7. The molecule has 1 aliphatic rings. The van der Waals surface area contributed by atoms with E-state index in [9.17, 15) is 18.7 Å². The van der Waals surface area contributed by atoms with Gasteiger partial charge in [0.2, 0.25) is 0 Å². The highest BCUT2D eigenvalue weighted by Gasteiger charge is 2.38. The Morgan fingerprint density at radius 3 is 2.82 bits per heavy atom. The largest absolute Gasteiger partial charge is 0.459 e. The van der Waals surface area contributed by atoms with E-state index in [0.29, 0.717) is 5.56 Å². The maximum absolute atomic E-state index is 14.0. The second kappa shape index (κ2) is 5.53. The summed E-state index contributed by atoms with van der Waals surface area (Å²) in [7, 11) is 0. The van der Waals surface area contributed by atoms with Crippen LogP contribution in [0.15, 0.2) is 34.9 Å². The van der Waals surface area contributed by atoms with E-state index in [2.05, 4.69) is 0 Å². The number of furan rings is 1. The van der Waals surface area contributed by atoms with Crippen molar-refractivity contribution in [1.29, 1.82) is 0 Å². The Kier molecular flexibility index (Phi) is 3.70. The van der Waals surface area contributed by atoms with Crippen molar-refractivity contribution in [2.75, 3.05) is 6.54 Å². The number of amides is 1. The summed E-state index contributed by atoms with van der Waals surface area (Å²) in [6.45, 7) is 1.78. The number of hydrogen-bond acceptors (Lipinski definition) is 3. The third-order valence-corrected chi connectivity index (χ3v) is 3.91.